The van der Waals surface area contributed by atoms with E-state index in [1.807, 2.05) is 59.9 Å². The lowest BCUT2D eigenvalue weighted by Gasteiger charge is -2.25. The van der Waals surface area contributed by atoms with Crippen LogP contribution in [0.5, 0.6) is 11.5 Å². The average Bonchev–Trinajstić information content (AvgIpc) is 4.00. The van der Waals surface area contributed by atoms with Crippen LogP contribution in [-0.4, -0.2) is 65.8 Å². The maximum atomic E-state index is 13.4. The largest absolute Gasteiger partial charge is 1.00 e. The zero-order valence-electron chi connectivity index (χ0n) is 33.1. The minimum absolute atomic E-state index is 0. The van der Waals surface area contributed by atoms with E-state index in [0.717, 1.165) is 62.7 Å². The number of halogens is 1. The first-order chi connectivity index (χ1) is 27.4. The molecule has 4 aromatic heterocycles. The summed E-state index contributed by atoms with van der Waals surface area (Å²) in [5.74, 6) is 0.359. The molecule has 3 aromatic carbocycles. The molecule has 14 heteroatoms. The molecule has 0 radical (unpaired) electrons. The molecule has 2 atom stereocenters. The minimum Gasteiger partial charge on any atom is -1.00 e. The zero-order chi connectivity index (χ0) is 40.4. The van der Waals surface area contributed by atoms with Crippen molar-refractivity contribution in [1.82, 2.24) is 24.0 Å². The second kappa shape index (κ2) is 17.6. The fourth-order valence-corrected chi connectivity index (χ4v) is 8.00. The number of benzene rings is 3. The third-order valence-electron chi connectivity index (χ3n) is 11.0. The minimum atomic E-state index is -0.914. The number of phenolic OH excluding ortho intramolecular Hbond substituents is 2. The molecular weight excluding hydrogens is 760 g/mol. The fraction of sp³-hybridized carbons (Fsp3) is 0.318. The first-order valence-electron chi connectivity index (χ1n) is 19.2. The Labute approximate surface area is 341 Å². The van der Waals surface area contributed by atoms with Gasteiger partial charge < -0.3 is 56.5 Å². The van der Waals surface area contributed by atoms with Crippen LogP contribution in [0.15, 0.2) is 90.0 Å². The number of hydrogen-bond acceptors (Lipinski definition) is 8. The molecule has 1 amide bonds. The van der Waals surface area contributed by atoms with E-state index < -0.39 is 17.9 Å². The molecule has 0 unspecified atom stereocenters. The van der Waals surface area contributed by atoms with E-state index in [1.165, 1.54) is 26.4 Å². The van der Waals surface area contributed by atoms with Gasteiger partial charge in [0.25, 0.3) is 5.91 Å². The number of carbonyl (C=O) groups excluding carboxylic acids is 3. The van der Waals surface area contributed by atoms with Gasteiger partial charge in [-0.2, -0.15) is 0 Å². The van der Waals surface area contributed by atoms with Crippen LogP contribution in [0.4, 0.5) is 0 Å². The summed E-state index contributed by atoms with van der Waals surface area (Å²) in [6.07, 6.45) is 13.8. The van der Waals surface area contributed by atoms with E-state index in [1.54, 1.807) is 55.8 Å². The Morgan fingerprint density at radius 2 is 1.48 bits per heavy atom. The number of Topliss-reactive ketones (excluding diaryl/α,β-unsaturated/α-hetero) is 1. The molecular formula is C44H49ClN6O7. The molecule has 0 saturated heterocycles. The highest BCUT2D eigenvalue weighted by atomic mass is 35.5. The van der Waals surface area contributed by atoms with Gasteiger partial charge in [0, 0.05) is 79.7 Å². The Morgan fingerprint density at radius 1 is 0.879 bits per heavy atom. The number of phenols is 2. The highest BCUT2D eigenvalue weighted by molar-refractivity contribution is 6.00. The van der Waals surface area contributed by atoms with Crippen LogP contribution in [0.1, 0.15) is 66.6 Å². The number of nitrogens with one attached hydrogen (secondary N) is 1. The number of aromatic hydroxyl groups is 2. The van der Waals surface area contributed by atoms with Crippen LogP contribution < -0.4 is 23.5 Å². The van der Waals surface area contributed by atoms with Gasteiger partial charge in [0.2, 0.25) is 0 Å². The van der Waals surface area contributed by atoms with Gasteiger partial charge in [-0.3, -0.25) is 9.59 Å². The van der Waals surface area contributed by atoms with Crippen LogP contribution in [0.2, 0.25) is 0 Å². The van der Waals surface area contributed by atoms with Crippen molar-refractivity contribution in [3.63, 3.8) is 0 Å². The Bertz CT molecular complexity index is 2580. The average molecular weight is 809 g/mol. The summed E-state index contributed by atoms with van der Waals surface area (Å²) in [6, 6.07) is 17.0. The van der Waals surface area contributed by atoms with Gasteiger partial charge in [-0.1, -0.05) is 19.3 Å². The summed E-state index contributed by atoms with van der Waals surface area (Å²) < 4.78 is 16.6. The molecule has 4 heterocycles. The molecule has 0 spiro atoms. The van der Waals surface area contributed by atoms with Crippen LogP contribution in [0, 0.1) is 0 Å². The van der Waals surface area contributed by atoms with Crippen molar-refractivity contribution in [2.45, 2.75) is 70.0 Å². The molecule has 6 N–H and O–H groups in total. The van der Waals surface area contributed by atoms with Gasteiger partial charge in [0.05, 0.1) is 30.0 Å². The number of hydrogen-bond donors (Lipinski definition) is 4. The fourth-order valence-electron chi connectivity index (χ4n) is 8.00. The second-order valence-corrected chi connectivity index (χ2v) is 15.0. The van der Waals surface area contributed by atoms with Gasteiger partial charge in [0.15, 0.2) is 5.78 Å². The second-order valence-electron chi connectivity index (χ2n) is 15.0. The van der Waals surface area contributed by atoms with Crippen molar-refractivity contribution in [1.29, 1.82) is 0 Å². The van der Waals surface area contributed by atoms with E-state index in [0.29, 0.717) is 23.5 Å². The predicted octanol–water partition coefficient (Wildman–Crippen LogP) is 3.14. The lowest BCUT2D eigenvalue weighted by molar-refractivity contribution is -0.402. The maximum Gasteiger partial charge on any atom is 0.328 e. The van der Waals surface area contributed by atoms with E-state index in [4.69, 9.17) is 14.1 Å². The lowest BCUT2D eigenvalue weighted by atomic mass is 9.95. The number of rotatable bonds is 10. The third-order valence-corrected chi connectivity index (χ3v) is 11.0. The van der Waals surface area contributed by atoms with Crippen molar-refractivity contribution in [3.05, 3.63) is 102 Å². The number of amides is 1. The maximum absolute atomic E-state index is 13.4. The molecule has 1 aliphatic carbocycles. The summed E-state index contributed by atoms with van der Waals surface area (Å²) in [6.45, 7) is 1.56. The molecule has 0 bridgehead atoms. The normalized spacial score (nSPS) is 14.1. The van der Waals surface area contributed by atoms with E-state index in [2.05, 4.69) is 15.6 Å². The number of furan rings is 1. The third kappa shape index (κ3) is 8.60. The number of fused-ring (bicyclic) bond motifs is 3. The van der Waals surface area contributed by atoms with Gasteiger partial charge >= 0.3 is 5.97 Å². The summed E-state index contributed by atoms with van der Waals surface area (Å²) in [5.41, 5.74) is 10.7. The summed E-state index contributed by atoms with van der Waals surface area (Å²) >= 11 is 0. The SMILES string of the molecule is CC(=O)[C@@H]([NH3+])Cc1cn(C)c2ccc(O)cc12.COC(=O)[C@H](Cc1cn(C)c2ccc(O)cc12)NC(=O)c1ccc2c(c1)nc(-c1ccoc1)n2C1CCCCC1.[Cl-]. The topological polar surface area (TPSA) is 181 Å². The quantitative estimate of drug-likeness (QED) is 0.152. The smallest absolute Gasteiger partial charge is 0.328 e. The number of ether oxygens (including phenoxy) is 1. The number of aromatic nitrogens is 4. The van der Waals surface area contributed by atoms with Gasteiger partial charge in [-0.15, -0.1) is 0 Å². The molecule has 8 rings (SSSR count). The van der Waals surface area contributed by atoms with Crippen LogP contribution in [0.3, 0.4) is 0 Å². The molecule has 1 aliphatic rings. The zero-order valence-corrected chi connectivity index (χ0v) is 33.8. The Kier molecular flexibility index (Phi) is 12.6. The number of methoxy groups -OCH3 is 1. The summed E-state index contributed by atoms with van der Waals surface area (Å²) in [7, 11) is 5.15. The van der Waals surface area contributed by atoms with Crippen molar-refractivity contribution in [3.8, 4) is 22.9 Å². The van der Waals surface area contributed by atoms with E-state index >= 15 is 0 Å². The Hall–Kier alpha value is -6.05. The van der Waals surface area contributed by atoms with Crippen LogP contribution in [0.25, 0.3) is 44.2 Å². The van der Waals surface area contributed by atoms with Gasteiger partial charge in [-0.25, -0.2) is 9.78 Å². The number of esters is 1. The summed E-state index contributed by atoms with van der Waals surface area (Å²) in [4.78, 5) is 42.3. The van der Waals surface area contributed by atoms with Crippen LogP contribution in [-0.2, 0) is 41.3 Å². The van der Waals surface area contributed by atoms with E-state index in [9.17, 15) is 24.6 Å². The first kappa shape index (κ1) is 41.6. The molecule has 0 aliphatic heterocycles. The Balaban J connectivity index is 0.000000265. The Morgan fingerprint density at radius 3 is 2.05 bits per heavy atom. The number of ketones is 1. The molecule has 304 valence electrons. The molecule has 7 aromatic rings. The number of nitrogens with zero attached hydrogens (tertiary/aromatic N) is 4. The molecule has 1 saturated carbocycles. The molecule has 13 nitrogen and oxygen atoms in total. The van der Waals surface area contributed by atoms with Crippen molar-refractivity contribution < 1.29 is 51.9 Å². The van der Waals surface area contributed by atoms with Crippen LogP contribution >= 0.6 is 0 Å². The highest BCUT2D eigenvalue weighted by Gasteiger charge is 2.27. The van der Waals surface area contributed by atoms with E-state index in [-0.39, 0.29) is 42.2 Å². The van der Waals surface area contributed by atoms with Crippen molar-refractivity contribution in [2.24, 2.45) is 14.1 Å². The first-order valence-corrected chi connectivity index (χ1v) is 19.2. The number of aryl methyl sites for hydroxylation is 2. The number of carbonyl (C=O) groups is 3. The van der Waals surface area contributed by atoms with Crippen molar-refractivity contribution in [2.75, 3.05) is 7.11 Å². The lowest BCUT2D eigenvalue weighted by Crippen LogP contribution is -3.00. The molecule has 1 fully saturated rings. The number of imidazole rings is 1. The summed E-state index contributed by atoms with van der Waals surface area (Å²) in [5, 5.41) is 24.2. The number of quaternary nitrogens is 1. The monoisotopic (exact) mass is 808 g/mol. The van der Waals surface area contributed by atoms with Gasteiger partial charge in [-0.05, 0) is 84.6 Å². The van der Waals surface area contributed by atoms with Gasteiger partial charge in [0.1, 0.15) is 35.7 Å². The highest BCUT2D eigenvalue weighted by Crippen LogP contribution is 2.36. The molecule has 58 heavy (non-hydrogen) atoms. The standard InChI is InChI=1S/C31H32N4O5.C13H16N2O2.ClH/c1-34-17-21(24-16-23(36)9-11-27(24)34)15-26(31(38)39-2)33-30(37)19-8-10-28-25(14-19)32-29(20-12-13-40-18-20)35(28)22-6-4-3-5-7-22;1-8(16)12(14)5-9-7-15(2)13-4-3-10(17)6-11(9)13;/h8-14,16-18,22,26,36H,3-7,15H2,1-2H3,(H,33,37);3-4,6-7,12,17H,5,14H2,1-2H3;1H/t26-;12-;/m00./s1. The van der Waals surface area contributed by atoms with Crippen molar-refractivity contribution >= 4 is 50.5 Å². The predicted molar refractivity (Wildman–Crippen MR) is 217 cm³/mol.